The number of rotatable bonds is 3. The molecule has 4 nitrogen and oxygen atoms in total. The molecule has 3 aromatic rings. The van der Waals surface area contributed by atoms with E-state index in [2.05, 4.69) is 0 Å². The van der Waals surface area contributed by atoms with Crippen molar-refractivity contribution in [2.24, 2.45) is 0 Å². The van der Waals surface area contributed by atoms with Gasteiger partial charge in [-0.15, -0.1) is 11.8 Å². The van der Waals surface area contributed by atoms with Gasteiger partial charge in [-0.3, -0.25) is 4.79 Å². The van der Waals surface area contributed by atoms with E-state index in [0.29, 0.717) is 16.3 Å². The molecule has 0 radical (unpaired) electrons. The summed E-state index contributed by atoms with van der Waals surface area (Å²) in [5.41, 5.74) is 1.38. The molecule has 1 fully saturated rings. The Morgan fingerprint density at radius 1 is 1.00 bits per heavy atom. The Kier molecular flexibility index (Phi) is 4.81. The van der Waals surface area contributed by atoms with Crippen molar-refractivity contribution in [1.29, 1.82) is 0 Å². The van der Waals surface area contributed by atoms with Crippen LogP contribution in [0, 0.1) is 0 Å². The second-order valence-electron chi connectivity index (χ2n) is 6.33. The molecule has 0 spiro atoms. The summed E-state index contributed by atoms with van der Waals surface area (Å²) in [5, 5.41) is 11.7. The molecule has 0 bridgehead atoms. The number of thioether (sulfide) groups is 1. The molecule has 3 aromatic carbocycles. The molecule has 2 atom stereocenters. The van der Waals surface area contributed by atoms with Gasteiger partial charge >= 0.3 is 5.97 Å². The summed E-state index contributed by atoms with van der Waals surface area (Å²) in [4.78, 5) is 26.7. The summed E-state index contributed by atoms with van der Waals surface area (Å²) in [6, 6.07) is 19.5. The van der Waals surface area contributed by atoms with Gasteiger partial charge in [-0.25, -0.2) is 4.79 Å². The van der Waals surface area contributed by atoms with Crippen LogP contribution in [0.3, 0.4) is 0 Å². The average Bonchev–Trinajstić information content (AvgIpc) is 3.13. The molecule has 4 rings (SSSR count). The zero-order chi connectivity index (χ0) is 19.0. The second kappa shape index (κ2) is 7.25. The normalized spacial score (nSPS) is 19.4. The highest BCUT2D eigenvalue weighted by Crippen LogP contribution is 2.43. The van der Waals surface area contributed by atoms with E-state index >= 15 is 0 Å². The topological polar surface area (TPSA) is 57.6 Å². The number of hydrogen-bond donors (Lipinski definition) is 1. The highest BCUT2D eigenvalue weighted by atomic mass is 35.5. The quantitative estimate of drug-likeness (QED) is 0.687. The Labute approximate surface area is 165 Å². The van der Waals surface area contributed by atoms with Gasteiger partial charge in [0.2, 0.25) is 0 Å². The lowest BCUT2D eigenvalue weighted by atomic mass is 10.0. The van der Waals surface area contributed by atoms with Crippen molar-refractivity contribution >= 4 is 46.0 Å². The first kappa shape index (κ1) is 17.9. The van der Waals surface area contributed by atoms with Crippen LogP contribution in [0.5, 0.6) is 0 Å². The average molecular weight is 398 g/mol. The minimum atomic E-state index is -0.993. The number of aliphatic carboxylic acids is 1. The maximum atomic E-state index is 13.4. The van der Waals surface area contributed by atoms with Crippen LogP contribution in [0.1, 0.15) is 21.3 Å². The van der Waals surface area contributed by atoms with Gasteiger partial charge in [0.25, 0.3) is 5.91 Å². The van der Waals surface area contributed by atoms with E-state index in [4.69, 9.17) is 11.6 Å². The van der Waals surface area contributed by atoms with Crippen LogP contribution in [0.25, 0.3) is 10.8 Å². The smallest absolute Gasteiger partial charge is 0.327 e. The van der Waals surface area contributed by atoms with Crippen molar-refractivity contribution in [1.82, 2.24) is 4.90 Å². The standard InChI is InChI=1S/C21H16ClNO3S/c22-15-10-8-14(9-11-15)20-23(18(12-27-20)21(25)26)19(24)17-7-3-5-13-4-1-2-6-16(13)17/h1-11,18,20H,12H2,(H,25,26). The minimum Gasteiger partial charge on any atom is -0.480 e. The number of amides is 1. The monoisotopic (exact) mass is 397 g/mol. The van der Waals surface area contributed by atoms with Gasteiger partial charge < -0.3 is 10.0 Å². The molecule has 1 saturated heterocycles. The molecule has 0 saturated carbocycles. The van der Waals surface area contributed by atoms with E-state index in [-0.39, 0.29) is 11.3 Å². The van der Waals surface area contributed by atoms with E-state index in [1.54, 1.807) is 18.2 Å². The molecular formula is C21H16ClNO3S. The fraction of sp³-hybridized carbons (Fsp3) is 0.143. The third kappa shape index (κ3) is 3.29. The van der Waals surface area contributed by atoms with Crippen molar-refractivity contribution in [2.75, 3.05) is 5.75 Å². The molecule has 1 aliphatic heterocycles. The van der Waals surface area contributed by atoms with Gasteiger partial charge in [0.05, 0.1) is 0 Å². The van der Waals surface area contributed by atoms with Crippen molar-refractivity contribution in [3.63, 3.8) is 0 Å². The summed E-state index contributed by atoms with van der Waals surface area (Å²) < 4.78 is 0. The largest absolute Gasteiger partial charge is 0.480 e. The lowest BCUT2D eigenvalue weighted by Crippen LogP contribution is -2.43. The number of benzene rings is 3. The van der Waals surface area contributed by atoms with Gasteiger partial charge in [-0.1, -0.05) is 60.1 Å². The number of nitrogens with zero attached hydrogens (tertiary/aromatic N) is 1. The highest BCUT2D eigenvalue weighted by Gasteiger charge is 2.42. The summed E-state index contributed by atoms with van der Waals surface area (Å²) in [6.45, 7) is 0. The molecule has 27 heavy (non-hydrogen) atoms. The van der Waals surface area contributed by atoms with E-state index in [9.17, 15) is 14.7 Å². The number of carboxylic acids is 1. The summed E-state index contributed by atoms with van der Waals surface area (Å²) in [7, 11) is 0. The number of fused-ring (bicyclic) bond motifs is 1. The lowest BCUT2D eigenvalue weighted by molar-refractivity contribution is -0.141. The van der Waals surface area contributed by atoms with E-state index in [1.807, 2.05) is 48.5 Å². The molecule has 1 heterocycles. The predicted octanol–water partition coefficient (Wildman–Crippen LogP) is 4.83. The van der Waals surface area contributed by atoms with Crippen LogP contribution in [-0.4, -0.2) is 33.7 Å². The first-order valence-corrected chi connectivity index (χ1v) is 9.89. The maximum absolute atomic E-state index is 13.4. The second-order valence-corrected chi connectivity index (χ2v) is 7.88. The number of carboxylic acid groups (broad SMARTS) is 1. The Bertz CT molecular complexity index is 1020. The molecule has 0 aromatic heterocycles. The maximum Gasteiger partial charge on any atom is 0.327 e. The van der Waals surface area contributed by atoms with Crippen molar-refractivity contribution in [2.45, 2.75) is 11.4 Å². The number of halogens is 1. The molecular weight excluding hydrogens is 382 g/mol. The zero-order valence-corrected chi connectivity index (χ0v) is 15.8. The van der Waals surface area contributed by atoms with Gasteiger partial charge in [0.15, 0.2) is 0 Å². The van der Waals surface area contributed by atoms with Crippen molar-refractivity contribution in [3.8, 4) is 0 Å². The summed E-state index contributed by atoms with van der Waals surface area (Å²) in [6.07, 6.45) is 0. The summed E-state index contributed by atoms with van der Waals surface area (Å²) >= 11 is 7.43. The van der Waals surface area contributed by atoms with E-state index in [1.165, 1.54) is 16.7 Å². The predicted molar refractivity (Wildman–Crippen MR) is 108 cm³/mol. The van der Waals surface area contributed by atoms with Gasteiger partial charge in [-0.2, -0.15) is 0 Å². The molecule has 0 aliphatic carbocycles. The third-order valence-corrected chi connectivity index (χ3v) is 6.27. The first-order chi connectivity index (χ1) is 13.1. The Morgan fingerprint density at radius 2 is 1.70 bits per heavy atom. The molecule has 1 amide bonds. The van der Waals surface area contributed by atoms with Crippen LogP contribution in [0.15, 0.2) is 66.7 Å². The number of carbonyl (C=O) groups excluding carboxylic acids is 1. The fourth-order valence-electron chi connectivity index (χ4n) is 3.38. The fourth-order valence-corrected chi connectivity index (χ4v) is 4.93. The molecule has 6 heteroatoms. The summed E-state index contributed by atoms with van der Waals surface area (Å²) in [5.74, 6) is -0.921. The van der Waals surface area contributed by atoms with Crippen molar-refractivity contribution in [3.05, 3.63) is 82.9 Å². The third-order valence-electron chi connectivity index (χ3n) is 4.70. The molecule has 2 unspecified atom stereocenters. The highest BCUT2D eigenvalue weighted by molar-refractivity contribution is 7.99. The number of hydrogen-bond acceptors (Lipinski definition) is 3. The van der Waals surface area contributed by atoms with Gasteiger partial charge in [0, 0.05) is 16.3 Å². The zero-order valence-electron chi connectivity index (χ0n) is 14.2. The van der Waals surface area contributed by atoms with Gasteiger partial charge in [0.1, 0.15) is 11.4 Å². The van der Waals surface area contributed by atoms with E-state index < -0.39 is 12.0 Å². The Hall–Kier alpha value is -2.50. The van der Waals surface area contributed by atoms with E-state index in [0.717, 1.165) is 16.3 Å². The minimum absolute atomic E-state index is 0.274. The van der Waals surface area contributed by atoms with Crippen LogP contribution < -0.4 is 0 Å². The number of carbonyl (C=O) groups is 2. The molecule has 1 N–H and O–H groups in total. The Morgan fingerprint density at radius 3 is 2.44 bits per heavy atom. The van der Waals surface area contributed by atoms with Crippen LogP contribution in [-0.2, 0) is 4.79 Å². The van der Waals surface area contributed by atoms with Crippen molar-refractivity contribution < 1.29 is 14.7 Å². The Balaban J connectivity index is 1.79. The SMILES string of the molecule is O=C(O)C1CSC(c2ccc(Cl)cc2)N1C(=O)c1cccc2ccccc12. The lowest BCUT2D eigenvalue weighted by Gasteiger charge is -2.28. The van der Waals surface area contributed by atoms with Crippen LogP contribution >= 0.6 is 23.4 Å². The van der Waals surface area contributed by atoms with Crippen LogP contribution in [0.2, 0.25) is 5.02 Å². The molecule has 136 valence electrons. The molecule has 1 aliphatic rings. The first-order valence-electron chi connectivity index (χ1n) is 8.46. The van der Waals surface area contributed by atoms with Gasteiger partial charge in [-0.05, 0) is 34.5 Å². The van der Waals surface area contributed by atoms with Crippen LogP contribution in [0.4, 0.5) is 0 Å².